The molecule has 2 unspecified atom stereocenters. The van der Waals surface area contributed by atoms with Crippen molar-refractivity contribution in [1.29, 1.82) is 0 Å². The molecule has 0 saturated heterocycles. The summed E-state index contributed by atoms with van der Waals surface area (Å²) in [4.78, 5) is 11.9. The Bertz CT molecular complexity index is 465. The van der Waals surface area contributed by atoms with E-state index >= 15 is 0 Å². The van der Waals surface area contributed by atoms with Gasteiger partial charge < -0.3 is 11.1 Å². The lowest BCUT2D eigenvalue weighted by Crippen LogP contribution is -2.40. The summed E-state index contributed by atoms with van der Waals surface area (Å²) in [5.41, 5.74) is 6.62. The van der Waals surface area contributed by atoms with Crippen LogP contribution in [0.5, 0.6) is 0 Å². The Morgan fingerprint density at radius 1 is 1.43 bits per heavy atom. The number of aryl methyl sites for hydroxylation is 1. The zero-order valence-corrected chi connectivity index (χ0v) is 13.2. The van der Waals surface area contributed by atoms with Crippen LogP contribution in [0.25, 0.3) is 0 Å². The zero-order valence-electron chi connectivity index (χ0n) is 12.3. The Kier molecular flexibility index (Phi) is 7.12. The molecule has 1 fully saturated rings. The minimum Gasteiger partial charge on any atom is -0.354 e. The Labute approximate surface area is 131 Å². The van der Waals surface area contributed by atoms with Gasteiger partial charge in [-0.3, -0.25) is 4.79 Å². The Hall–Kier alpha value is -1.13. The Morgan fingerprint density at radius 2 is 2.10 bits per heavy atom. The third-order valence-electron chi connectivity index (χ3n) is 3.99. The summed E-state index contributed by atoms with van der Waals surface area (Å²) in [5, 5.41) is 2.90. The molecule has 0 aromatic heterocycles. The van der Waals surface area contributed by atoms with Crippen LogP contribution in [-0.2, 0) is 11.2 Å². The van der Waals surface area contributed by atoms with Crippen LogP contribution in [0.1, 0.15) is 31.7 Å². The maximum atomic E-state index is 13.5. The molecule has 3 nitrogen and oxygen atoms in total. The second-order valence-electron chi connectivity index (χ2n) is 5.78. The first-order valence-corrected chi connectivity index (χ1v) is 7.34. The van der Waals surface area contributed by atoms with Crippen LogP contribution in [0, 0.1) is 17.7 Å². The van der Waals surface area contributed by atoms with E-state index in [1.54, 1.807) is 12.1 Å². The summed E-state index contributed by atoms with van der Waals surface area (Å²) >= 11 is 0. The van der Waals surface area contributed by atoms with Gasteiger partial charge in [-0.05, 0) is 43.2 Å². The molecule has 118 valence electrons. The van der Waals surface area contributed by atoms with Crippen molar-refractivity contribution in [2.75, 3.05) is 6.54 Å². The van der Waals surface area contributed by atoms with Crippen LogP contribution in [0.4, 0.5) is 4.39 Å². The number of nitrogens with two attached hydrogens (primary N) is 1. The summed E-state index contributed by atoms with van der Waals surface area (Å²) in [5.74, 6) is 0.276. The summed E-state index contributed by atoms with van der Waals surface area (Å²) < 4.78 is 13.5. The minimum absolute atomic E-state index is 0. The van der Waals surface area contributed by atoms with Crippen molar-refractivity contribution in [3.63, 3.8) is 0 Å². The number of amides is 1. The number of hydrogen-bond acceptors (Lipinski definition) is 2. The number of carbonyl (C=O) groups is 1. The first-order valence-electron chi connectivity index (χ1n) is 7.34. The monoisotopic (exact) mass is 314 g/mol. The normalized spacial score (nSPS) is 16.7. The SMILES string of the molecule is CC(CCc1ccccc1F)C(=O)NCC(N)C1CC1.Cl. The lowest BCUT2D eigenvalue weighted by Gasteiger charge is -2.15. The molecule has 1 aromatic rings. The smallest absolute Gasteiger partial charge is 0.222 e. The molecule has 21 heavy (non-hydrogen) atoms. The van der Waals surface area contributed by atoms with E-state index < -0.39 is 0 Å². The van der Waals surface area contributed by atoms with E-state index in [-0.39, 0.29) is 36.1 Å². The van der Waals surface area contributed by atoms with E-state index in [4.69, 9.17) is 5.73 Å². The predicted molar refractivity (Wildman–Crippen MR) is 84.8 cm³/mol. The average molecular weight is 315 g/mol. The first-order chi connectivity index (χ1) is 9.58. The summed E-state index contributed by atoms with van der Waals surface area (Å²) in [7, 11) is 0. The highest BCUT2D eigenvalue weighted by Crippen LogP contribution is 2.31. The third kappa shape index (κ3) is 5.64. The summed E-state index contributed by atoms with van der Waals surface area (Å²) in [6.07, 6.45) is 3.58. The van der Waals surface area contributed by atoms with Crippen molar-refractivity contribution in [3.05, 3.63) is 35.6 Å². The van der Waals surface area contributed by atoms with Crippen molar-refractivity contribution in [2.45, 2.75) is 38.6 Å². The molecule has 1 amide bonds. The third-order valence-corrected chi connectivity index (χ3v) is 3.99. The topological polar surface area (TPSA) is 55.1 Å². The fourth-order valence-electron chi connectivity index (χ4n) is 2.29. The van der Waals surface area contributed by atoms with Crippen molar-refractivity contribution in [2.24, 2.45) is 17.6 Å². The summed E-state index contributed by atoms with van der Waals surface area (Å²) in [6, 6.07) is 6.79. The fraction of sp³-hybridized carbons (Fsp3) is 0.562. The average Bonchev–Trinajstić information content (AvgIpc) is 3.27. The first kappa shape index (κ1) is 17.9. The van der Waals surface area contributed by atoms with E-state index in [9.17, 15) is 9.18 Å². The maximum absolute atomic E-state index is 13.5. The van der Waals surface area contributed by atoms with E-state index in [0.29, 0.717) is 30.9 Å². The molecule has 0 heterocycles. The highest BCUT2D eigenvalue weighted by atomic mass is 35.5. The number of carbonyl (C=O) groups excluding carboxylic acids is 1. The van der Waals surface area contributed by atoms with Gasteiger partial charge in [0.25, 0.3) is 0 Å². The number of benzene rings is 1. The van der Waals surface area contributed by atoms with Crippen molar-refractivity contribution in [1.82, 2.24) is 5.32 Å². The molecule has 0 radical (unpaired) electrons. The van der Waals surface area contributed by atoms with Gasteiger partial charge >= 0.3 is 0 Å². The maximum Gasteiger partial charge on any atom is 0.222 e. The van der Waals surface area contributed by atoms with Crippen LogP contribution in [0.3, 0.4) is 0 Å². The van der Waals surface area contributed by atoms with E-state index in [1.807, 2.05) is 13.0 Å². The molecule has 3 N–H and O–H groups in total. The van der Waals surface area contributed by atoms with Gasteiger partial charge in [0.15, 0.2) is 0 Å². The van der Waals surface area contributed by atoms with E-state index in [2.05, 4.69) is 5.32 Å². The van der Waals surface area contributed by atoms with Gasteiger partial charge in [-0.25, -0.2) is 4.39 Å². The van der Waals surface area contributed by atoms with Crippen LogP contribution in [0.15, 0.2) is 24.3 Å². The van der Waals surface area contributed by atoms with Crippen LogP contribution < -0.4 is 11.1 Å². The molecule has 0 spiro atoms. The largest absolute Gasteiger partial charge is 0.354 e. The molecule has 2 rings (SSSR count). The van der Waals surface area contributed by atoms with E-state index in [0.717, 1.165) is 0 Å². The predicted octanol–water partition coefficient (Wildman–Crippen LogP) is 2.67. The quantitative estimate of drug-likeness (QED) is 0.813. The Morgan fingerprint density at radius 3 is 2.71 bits per heavy atom. The van der Waals surface area contributed by atoms with Gasteiger partial charge in [0.1, 0.15) is 5.82 Å². The molecule has 5 heteroatoms. The van der Waals surface area contributed by atoms with Gasteiger partial charge in [0.05, 0.1) is 0 Å². The molecule has 1 aliphatic rings. The molecule has 2 atom stereocenters. The molecule has 0 aliphatic heterocycles. The molecule has 1 saturated carbocycles. The summed E-state index contributed by atoms with van der Waals surface area (Å²) in [6.45, 7) is 2.42. The highest BCUT2D eigenvalue weighted by Gasteiger charge is 2.28. The minimum atomic E-state index is -0.198. The van der Waals surface area contributed by atoms with Gasteiger partial charge in [0, 0.05) is 18.5 Å². The second-order valence-corrected chi connectivity index (χ2v) is 5.78. The second kappa shape index (κ2) is 8.35. The molecule has 1 aliphatic carbocycles. The van der Waals surface area contributed by atoms with Gasteiger partial charge in [-0.1, -0.05) is 25.1 Å². The molecule has 1 aromatic carbocycles. The number of nitrogens with one attached hydrogen (secondary N) is 1. The van der Waals surface area contributed by atoms with E-state index in [1.165, 1.54) is 18.9 Å². The van der Waals surface area contributed by atoms with Gasteiger partial charge in [-0.15, -0.1) is 12.4 Å². The van der Waals surface area contributed by atoms with Gasteiger partial charge in [-0.2, -0.15) is 0 Å². The fourth-order valence-corrected chi connectivity index (χ4v) is 2.29. The van der Waals surface area contributed by atoms with Crippen LogP contribution in [-0.4, -0.2) is 18.5 Å². The molecular formula is C16H24ClFN2O. The van der Waals surface area contributed by atoms with Crippen LogP contribution in [0.2, 0.25) is 0 Å². The highest BCUT2D eigenvalue weighted by molar-refractivity contribution is 5.85. The number of halogens is 2. The lowest BCUT2D eigenvalue weighted by molar-refractivity contribution is -0.124. The lowest BCUT2D eigenvalue weighted by atomic mass is 10.00. The van der Waals surface area contributed by atoms with Crippen LogP contribution >= 0.6 is 12.4 Å². The Balaban J connectivity index is 0.00000220. The van der Waals surface area contributed by atoms with Crippen molar-refractivity contribution < 1.29 is 9.18 Å². The zero-order chi connectivity index (χ0) is 14.5. The molecular weight excluding hydrogens is 291 g/mol. The van der Waals surface area contributed by atoms with Crippen molar-refractivity contribution in [3.8, 4) is 0 Å². The van der Waals surface area contributed by atoms with Crippen molar-refractivity contribution >= 4 is 18.3 Å². The number of hydrogen-bond donors (Lipinski definition) is 2. The van der Waals surface area contributed by atoms with Gasteiger partial charge in [0.2, 0.25) is 5.91 Å². The standard InChI is InChI=1S/C16H23FN2O.ClH/c1-11(6-7-12-4-2-3-5-14(12)17)16(20)19-10-15(18)13-8-9-13;/h2-5,11,13,15H,6-10,18H2,1H3,(H,19,20);1H. The number of rotatable bonds is 7. The molecule has 0 bridgehead atoms.